The van der Waals surface area contributed by atoms with E-state index in [9.17, 15) is 9.18 Å². The van der Waals surface area contributed by atoms with E-state index >= 15 is 0 Å². The third-order valence-electron chi connectivity index (χ3n) is 3.38. The summed E-state index contributed by atoms with van der Waals surface area (Å²) in [5, 5.41) is 14.8. The number of carboxylic acid groups (broad SMARTS) is 1. The second-order valence-electron chi connectivity index (χ2n) is 5.33. The van der Waals surface area contributed by atoms with E-state index in [1.807, 2.05) is 0 Å². The lowest BCUT2D eigenvalue weighted by Crippen LogP contribution is -2.03. The molecule has 6 nitrogen and oxygen atoms in total. The third kappa shape index (κ3) is 4.08. The monoisotopic (exact) mass is 338 g/mol. The number of halogens is 1. The number of carbonyl (C=O) groups is 1. The summed E-state index contributed by atoms with van der Waals surface area (Å²) in [6.07, 6.45) is 0. The van der Waals surface area contributed by atoms with Crippen LogP contribution in [0, 0.1) is 12.7 Å². The number of aryl methyl sites for hydroxylation is 1. The van der Waals surface area contributed by atoms with E-state index in [0.717, 1.165) is 0 Å². The van der Waals surface area contributed by atoms with Gasteiger partial charge in [-0.25, -0.2) is 14.2 Å². The van der Waals surface area contributed by atoms with Crippen molar-refractivity contribution >= 4 is 29.1 Å². The smallest absolute Gasteiger partial charge is 0.335 e. The van der Waals surface area contributed by atoms with Crippen LogP contribution in [0.4, 0.5) is 27.5 Å². The number of carboxylic acids is 1. The van der Waals surface area contributed by atoms with Crippen LogP contribution in [0.3, 0.4) is 0 Å². The molecular weight excluding hydrogens is 323 g/mol. The molecule has 0 spiro atoms. The summed E-state index contributed by atoms with van der Waals surface area (Å²) < 4.78 is 13.7. The minimum absolute atomic E-state index is 0.200. The molecule has 0 saturated carbocycles. The Labute approximate surface area is 143 Å². The van der Waals surface area contributed by atoms with Crippen molar-refractivity contribution < 1.29 is 14.3 Å². The molecule has 1 aromatic heterocycles. The van der Waals surface area contributed by atoms with E-state index in [-0.39, 0.29) is 17.2 Å². The normalized spacial score (nSPS) is 10.3. The average molecular weight is 338 g/mol. The Morgan fingerprint density at radius 2 is 1.76 bits per heavy atom. The summed E-state index contributed by atoms with van der Waals surface area (Å²) in [6.45, 7) is 1.80. The van der Waals surface area contributed by atoms with Gasteiger partial charge in [0.2, 0.25) is 5.95 Å². The van der Waals surface area contributed by atoms with Crippen LogP contribution < -0.4 is 10.6 Å². The van der Waals surface area contributed by atoms with Gasteiger partial charge in [0.05, 0.1) is 11.3 Å². The van der Waals surface area contributed by atoms with Gasteiger partial charge in [-0.1, -0.05) is 12.1 Å². The van der Waals surface area contributed by atoms with Gasteiger partial charge in [-0.3, -0.25) is 0 Å². The molecular formula is C18H15FN4O2. The molecule has 0 bridgehead atoms. The first-order valence-corrected chi connectivity index (χ1v) is 7.49. The van der Waals surface area contributed by atoms with Gasteiger partial charge in [-0.05, 0) is 43.3 Å². The van der Waals surface area contributed by atoms with Gasteiger partial charge in [0.1, 0.15) is 11.6 Å². The molecule has 2 aromatic carbocycles. The molecule has 25 heavy (non-hydrogen) atoms. The van der Waals surface area contributed by atoms with Crippen LogP contribution >= 0.6 is 0 Å². The molecule has 0 aliphatic rings. The molecule has 0 atom stereocenters. The Bertz CT molecular complexity index is 913. The number of hydrogen-bond acceptors (Lipinski definition) is 5. The number of anilines is 4. The quantitative estimate of drug-likeness (QED) is 0.649. The minimum Gasteiger partial charge on any atom is -0.478 e. The van der Waals surface area contributed by atoms with Crippen LogP contribution in [0.15, 0.2) is 54.6 Å². The number of nitrogens with zero attached hydrogens (tertiary/aromatic N) is 2. The number of para-hydroxylation sites is 1. The average Bonchev–Trinajstić information content (AvgIpc) is 2.57. The molecule has 3 aromatic rings. The van der Waals surface area contributed by atoms with Gasteiger partial charge < -0.3 is 15.7 Å². The zero-order valence-corrected chi connectivity index (χ0v) is 13.3. The Balaban J connectivity index is 1.81. The van der Waals surface area contributed by atoms with Gasteiger partial charge in [0, 0.05) is 17.4 Å². The Hall–Kier alpha value is -3.48. The summed E-state index contributed by atoms with van der Waals surface area (Å²) in [7, 11) is 0. The number of hydrogen-bond donors (Lipinski definition) is 3. The van der Waals surface area contributed by atoms with Crippen LogP contribution in [-0.2, 0) is 0 Å². The molecule has 7 heteroatoms. The fourth-order valence-electron chi connectivity index (χ4n) is 2.22. The van der Waals surface area contributed by atoms with Crippen molar-refractivity contribution in [3.63, 3.8) is 0 Å². The van der Waals surface area contributed by atoms with Crippen molar-refractivity contribution in [3.8, 4) is 0 Å². The number of aromatic carboxylic acids is 1. The Kier molecular flexibility index (Phi) is 4.56. The molecule has 0 fully saturated rings. The predicted molar refractivity (Wildman–Crippen MR) is 93.1 cm³/mol. The molecule has 0 aliphatic heterocycles. The van der Waals surface area contributed by atoms with Crippen LogP contribution in [0.5, 0.6) is 0 Å². The van der Waals surface area contributed by atoms with Gasteiger partial charge in [0.25, 0.3) is 0 Å². The lowest BCUT2D eigenvalue weighted by Gasteiger charge is -2.10. The van der Waals surface area contributed by atoms with E-state index in [1.54, 1.807) is 43.3 Å². The molecule has 0 saturated heterocycles. The molecule has 1 heterocycles. The van der Waals surface area contributed by atoms with E-state index in [4.69, 9.17) is 5.11 Å². The first-order valence-electron chi connectivity index (χ1n) is 7.49. The summed E-state index contributed by atoms with van der Waals surface area (Å²) in [4.78, 5) is 19.4. The fourth-order valence-corrected chi connectivity index (χ4v) is 2.22. The highest BCUT2D eigenvalue weighted by Gasteiger charge is 2.07. The molecule has 0 unspecified atom stereocenters. The Morgan fingerprint density at radius 3 is 2.44 bits per heavy atom. The standard InChI is InChI=1S/C18H15FN4O2/c1-11-10-16(21-13-8-6-12(7-9-13)17(24)25)23-18(20-11)22-15-5-3-2-4-14(15)19/h2-10H,1H3,(H,24,25)(H2,20,21,22,23). The van der Waals surface area contributed by atoms with Gasteiger partial charge in [-0.2, -0.15) is 4.98 Å². The number of rotatable bonds is 5. The largest absolute Gasteiger partial charge is 0.478 e. The van der Waals surface area contributed by atoms with Crippen molar-refractivity contribution in [2.24, 2.45) is 0 Å². The minimum atomic E-state index is -0.985. The highest BCUT2D eigenvalue weighted by atomic mass is 19.1. The highest BCUT2D eigenvalue weighted by molar-refractivity contribution is 5.88. The van der Waals surface area contributed by atoms with Crippen LogP contribution in [0.2, 0.25) is 0 Å². The fraction of sp³-hybridized carbons (Fsp3) is 0.0556. The highest BCUT2D eigenvalue weighted by Crippen LogP contribution is 2.21. The first kappa shape index (κ1) is 16.4. The maximum Gasteiger partial charge on any atom is 0.335 e. The van der Waals surface area contributed by atoms with E-state index in [1.165, 1.54) is 18.2 Å². The third-order valence-corrected chi connectivity index (χ3v) is 3.38. The van der Waals surface area contributed by atoms with Crippen LogP contribution in [0.25, 0.3) is 0 Å². The van der Waals surface area contributed by atoms with E-state index < -0.39 is 11.8 Å². The van der Waals surface area contributed by atoms with Crippen LogP contribution in [0.1, 0.15) is 16.1 Å². The van der Waals surface area contributed by atoms with E-state index in [0.29, 0.717) is 17.2 Å². The lowest BCUT2D eigenvalue weighted by atomic mass is 10.2. The molecule has 0 radical (unpaired) electrons. The maximum atomic E-state index is 13.7. The molecule has 3 rings (SSSR count). The summed E-state index contributed by atoms with van der Waals surface area (Å²) in [5.41, 5.74) is 1.86. The SMILES string of the molecule is Cc1cc(Nc2ccc(C(=O)O)cc2)nc(Nc2ccccc2F)n1. The molecule has 0 amide bonds. The zero-order valence-electron chi connectivity index (χ0n) is 13.3. The first-order chi connectivity index (χ1) is 12.0. The van der Waals surface area contributed by atoms with Crippen molar-refractivity contribution in [2.45, 2.75) is 6.92 Å². The number of aromatic nitrogens is 2. The molecule has 3 N–H and O–H groups in total. The molecule has 0 aliphatic carbocycles. The topological polar surface area (TPSA) is 87.1 Å². The summed E-state index contributed by atoms with van der Waals surface area (Å²) >= 11 is 0. The zero-order chi connectivity index (χ0) is 17.8. The number of nitrogens with one attached hydrogen (secondary N) is 2. The predicted octanol–water partition coefficient (Wildman–Crippen LogP) is 4.11. The second-order valence-corrected chi connectivity index (χ2v) is 5.33. The Morgan fingerprint density at radius 1 is 1.04 bits per heavy atom. The van der Waals surface area contributed by atoms with E-state index in [2.05, 4.69) is 20.6 Å². The molecule has 126 valence electrons. The summed E-state index contributed by atoms with van der Waals surface area (Å²) in [6, 6.07) is 14.3. The number of benzene rings is 2. The second kappa shape index (κ2) is 6.96. The van der Waals surface area contributed by atoms with Gasteiger partial charge in [0.15, 0.2) is 0 Å². The maximum absolute atomic E-state index is 13.7. The van der Waals surface area contributed by atoms with Crippen molar-refractivity contribution in [1.29, 1.82) is 0 Å². The van der Waals surface area contributed by atoms with Crippen molar-refractivity contribution in [3.05, 3.63) is 71.7 Å². The lowest BCUT2D eigenvalue weighted by molar-refractivity contribution is 0.0697. The van der Waals surface area contributed by atoms with Gasteiger partial charge >= 0.3 is 5.97 Å². The van der Waals surface area contributed by atoms with Crippen molar-refractivity contribution in [2.75, 3.05) is 10.6 Å². The van der Waals surface area contributed by atoms with Gasteiger partial charge in [-0.15, -0.1) is 0 Å². The summed E-state index contributed by atoms with van der Waals surface area (Å²) in [5.74, 6) is -0.614. The van der Waals surface area contributed by atoms with Crippen LogP contribution in [-0.4, -0.2) is 21.0 Å². The van der Waals surface area contributed by atoms with Crippen molar-refractivity contribution in [1.82, 2.24) is 9.97 Å².